The Morgan fingerprint density at radius 3 is 0.929 bits per heavy atom. The second kappa shape index (κ2) is 15.4. The first-order valence-corrected chi connectivity index (χ1v) is 4.74. The summed E-state index contributed by atoms with van der Waals surface area (Å²) in [5, 5.41) is 0. The fraction of sp³-hybridized carbons (Fsp3) is 0. The molecular formula is FeLi2Mn2O8P+. The van der Waals surface area contributed by atoms with Gasteiger partial charge in [-0.25, -0.2) is 0 Å². The Hall–Kier alpha value is 2.38. The van der Waals surface area contributed by atoms with Crippen molar-refractivity contribution in [1.82, 2.24) is 0 Å². The first kappa shape index (κ1) is 36.0. The predicted molar refractivity (Wildman–Crippen MR) is 8.98 cm³/mol. The van der Waals surface area contributed by atoms with E-state index in [9.17, 15) is 0 Å². The molecule has 0 N–H and O–H groups in total. The Balaban J connectivity index is -0.0000000178. The van der Waals surface area contributed by atoms with Gasteiger partial charge in [0.1, 0.15) is 0 Å². The van der Waals surface area contributed by atoms with Crippen molar-refractivity contribution in [3.8, 4) is 0 Å². The van der Waals surface area contributed by atoms with Gasteiger partial charge in [-0.15, -0.1) is 0 Å². The number of rotatable bonds is 0. The summed E-state index contributed by atoms with van der Waals surface area (Å²) in [7, 11) is -5.39. The molecule has 0 spiro atoms. The molecule has 0 heterocycles. The van der Waals surface area contributed by atoms with Crippen molar-refractivity contribution in [3.05, 3.63) is 0 Å². The third kappa shape index (κ3) is 454. The summed E-state index contributed by atoms with van der Waals surface area (Å²) in [6.45, 7) is 0. The van der Waals surface area contributed by atoms with Crippen LogP contribution in [-0.2, 0) is 59.7 Å². The Morgan fingerprint density at radius 1 is 0.929 bits per heavy atom. The van der Waals surface area contributed by atoms with Crippen LogP contribution in [0.4, 0.5) is 0 Å². The molecule has 0 aromatic rings. The van der Waals surface area contributed by atoms with Gasteiger partial charge in [0, 0.05) is 0 Å². The number of phosphoric acid groups is 1. The Kier molecular flexibility index (Phi) is 39.5. The molecule has 1 radical (unpaired) electrons. The van der Waals surface area contributed by atoms with Crippen molar-refractivity contribution in [1.29, 1.82) is 0 Å². The summed E-state index contributed by atoms with van der Waals surface area (Å²) < 4.78 is 42.9. The van der Waals surface area contributed by atoms with Crippen molar-refractivity contribution >= 4 is 7.82 Å². The van der Waals surface area contributed by atoms with E-state index in [1.807, 2.05) is 0 Å². The van der Waals surface area contributed by atoms with Gasteiger partial charge in [0.05, 0.1) is 0 Å². The van der Waals surface area contributed by atoms with Crippen LogP contribution in [0.15, 0.2) is 0 Å². The van der Waals surface area contributed by atoms with Crippen molar-refractivity contribution in [3.63, 3.8) is 0 Å². The predicted octanol–water partition coefficient (Wildman–Crippen LogP) is -11.4. The molecule has 76 valence electrons. The van der Waals surface area contributed by atoms with Gasteiger partial charge in [-0.2, -0.15) is 7.82 Å². The topological polar surface area (TPSA) is 167 Å². The van der Waals surface area contributed by atoms with E-state index in [0.29, 0.717) is 0 Å². The summed E-state index contributed by atoms with van der Waals surface area (Å²) in [6.07, 6.45) is 0. The molecule has 0 unspecified atom stereocenters. The maximum atomic E-state index is 8.58. The average Bonchev–Trinajstić information content (AvgIpc) is 1.12. The summed E-state index contributed by atoms with van der Waals surface area (Å²) in [5.74, 6) is 0. The van der Waals surface area contributed by atoms with Crippen molar-refractivity contribution in [2.75, 3.05) is 0 Å². The van der Waals surface area contributed by atoms with E-state index in [2.05, 4.69) is 0 Å². The van der Waals surface area contributed by atoms with Crippen LogP contribution >= 0.6 is 7.82 Å². The fourth-order valence-electron chi connectivity index (χ4n) is 0. The molecule has 0 saturated heterocycles. The quantitative estimate of drug-likeness (QED) is 0.310. The maximum absolute atomic E-state index is 8.58. The van der Waals surface area contributed by atoms with Crippen molar-refractivity contribution in [2.24, 2.45) is 0 Å². The molecule has 0 rings (SSSR count). The second-order valence-electron chi connectivity index (χ2n) is 0.825. The van der Waals surface area contributed by atoms with E-state index in [1.54, 1.807) is 0 Å². The molecule has 0 fully saturated rings. The van der Waals surface area contributed by atoms with Crippen LogP contribution in [0.5, 0.6) is 0 Å². The van der Waals surface area contributed by atoms with Crippen LogP contribution in [-0.4, -0.2) is 0 Å². The van der Waals surface area contributed by atoms with E-state index in [-0.39, 0.29) is 71.9 Å². The molecule has 14 heteroatoms. The SMILES string of the molecule is O=P([O-])([O-])[O-].[Fe+2].[Li+].[Li+].[Mn+2].[O]=[Mn](=[O])([O-])[O-]. The van der Waals surface area contributed by atoms with Crippen LogP contribution in [0.3, 0.4) is 0 Å². The third-order valence-electron chi connectivity index (χ3n) is 0. The minimum atomic E-state index is -5.62. The van der Waals surface area contributed by atoms with E-state index >= 15 is 0 Å². The van der Waals surface area contributed by atoms with E-state index in [0.717, 1.165) is 0 Å². The van der Waals surface area contributed by atoms with Gasteiger partial charge in [0.15, 0.2) is 0 Å². The summed E-state index contributed by atoms with van der Waals surface area (Å²) >= 11 is -5.62. The Morgan fingerprint density at radius 2 is 0.929 bits per heavy atom. The standard InChI is InChI=1S/Fe.2Li.2Mn.H3O4P.4O/c;;;;;1-5(2,3)4;;;;/h;;;;;(H3,1,2,3,4);;;;/q+2;2*+1;;+2;;;;2*-1/p-3. The molecule has 0 amide bonds. The Bertz CT molecular complexity index is 203. The summed E-state index contributed by atoms with van der Waals surface area (Å²) in [5.41, 5.74) is 0. The van der Waals surface area contributed by atoms with Gasteiger partial charge in [-0.05, 0) is 0 Å². The van der Waals surface area contributed by atoms with E-state index < -0.39 is 21.2 Å². The van der Waals surface area contributed by atoms with Gasteiger partial charge in [-0.3, -0.25) is 0 Å². The van der Waals surface area contributed by atoms with Crippen LogP contribution in [0.1, 0.15) is 0 Å². The third-order valence-corrected chi connectivity index (χ3v) is 0. The van der Waals surface area contributed by atoms with Gasteiger partial charge in [0.2, 0.25) is 0 Å². The van der Waals surface area contributed by atoms with Gasteiger partial charge < -0.3 is 19.2 Å². The average molecular weight is 339 g/mol. The number of hydrogen-bond donors (Lipinski definition) is 0. The van der Waals surface area contributed by atoms with Gasteiger partial charge in [-0.1, -0.05) is 0 Å². The normalized spacial score (nSPS) is 8.36. The molecule has 14 heavy (non-hydrogen) atoms. The zero-order chi connectivity index (χ0) is 9.00. The molecule has 0 aromatic carbocycles. The van der Waals surface area contributed by atoms with Gasteiger partial charge in [0.25, 0.3) is 0 Å². The first-order chi connectivity index (χ1) is 4.00. The molecule has 8 nitrogen and oxygen atoms in total. The molecule has 0 aromatic heterocycles. The van der Waals surface area contributed by atoms with Crippen LogP contribution in [0, 0.1) is 0 Å². The van der Waals surface area contributed by atoms with E-state index in [1.165, 1.54) is 0 Å². The molecule has 0 bridgehead atoms. The first-order valence-electron chi connectivity index (χ1n) is 1.35. The minimum absolute atomic E-state index is 0. The summed E-state index contributed by atoms with van der Waals surface area (Å²) in [4.78, 5) is 25.6. The summed E-state index contributed by atoms with van der Waals surface area (Å²) in [6, 6.07) is 0. The van der Waals surface area contributed by atoms with Crippen LogP contribution < -0.4 is 60.8 Å². The molecule has 0 saturated carbocycles. The fourth-order valence-corrected chi connectivity index (χ4v) is 0. The number of hydrogen-bond acceptors (Lipinski definition) is 8. The molecule has 0 aliphatic carbocycles. The molecular weight excluding hydrogens is 339 g/mol. The van der Waals surface area contributed by atoms with Crippen LogP contribution in [0.2, 0.25) is 0 Å². The monoisotopic (exact) mass is 339 g/mol. The van der Waals surface area contributed by atoms with Gasteiger partial charge >= 0.3 is 101 Å². The molecule has 0 atom stereocenters. The van der Waals surface area contributed by atoms with E-state index in [4.69, 9.17) is 35.3 Å². The van der Waals surface area contributed by atoms with Crippen molar-refractivity contribution in [2.45, 2.75) is 0 Å². The van der Waals surface area contributed by atoms with Crippen LogP contribution in [0.25, 0.3) is 0 Å². The second-order valence-corrected chi connectivity index (χ2v) is 2.90. The Labute approximate surface area is 127 Å². The van der Waals surface area contributed by atoms with Crippen molar-refractivity contribution < 1.29 is 121 Å². The zero-order valence-corrected chi connectivity index (χ0v) is 11.2. The molecule has 0 aliphatic heterocycles. The molecule has 0 aliphatic rings. The zero-order valence-electron chi connectivity index (χ0n) is 6.82.